The maximum atomic E-state index is 6.60. The SMILES string of the molecule is Cc1cc(OC2CC(Cl)C23CCCCCC3)cc(C)c1Cl. The van der Waals surface area contributed by atoms with E-state index < -0.39 is 0 Å². The fraction of sp³-hybridized carbons (Fsp3) is 0.667. The molecule has 0 N–H and O–H groups in total. The second-order valence-electron chi connectivity index (χ2n) is 6.83. The molecule has 2 fully saturated rings. The van der Waals surface area contributed by atoms with Gasteiger partial charge in [-0.3, -0.25) is 0 Å². The van der Waals surface area contributed by atoms with Gasteiger partial charge in [0.05, 0.1) is 0 Å². The third-order valence-electron chi connectivity index (χ3n) is 5.41. The van der Waals surface area contributed by atoms with Crippen molar-refractivity contribution in [3.05, 3.63) is 28.3 Å². The number of aryl methyl sites for hydroxylation is 2. The summed E-state index contributed by atoms with van der Waals surface area (Å²) in [5, 5.41) is 1.13. The van der Waals surface area contributed by atoms with Crippen molar-refractivity contribution in [2.24, 2.45) is 5.41 Å². The summed E-state index contributed by atoms with van der Waals surface area (Å²) >= 11 is 12.8. The molecule has 2 atom stereocenters. The minimum atomic E-state index is 0.208. The van der Waals surface area contributed by atoms with Crippen LogP contribution in [0.3, 0.4) is 0 Å². The number of rotatable bonds is 2. The van der Waals surface area contributed by atoms with Crippen LogP contribution < -0.4 is 4.74 Å². The first kappa shape index (κ1) is 15.5. The van der Waals surface area contributed by atoms with Crippen LogP contribution in [0.4, 0.5) is 0 Å². The van der Waals surface area contributed by atoms with E-state index in [1.165, 1.54) is 38.5 Å². The molecule has 2 aliphatic carbocycles. The van der Waals surface area contributed by atoms with Gasteiger partial charge >= 0.3 is 0 Å². The Morgan fingerprint density at radius 2 is 1.62 bits per heavy atom. The van der Waals surface area contributed by atoms with E-state index in [0.717, 1.165) is 28.3 Å². The Labute approximate surface area is 138 Å². The molecule has 3 heteroatoms. The highest BCUT2D eigenvalue weighted by Gasteiger charge is 2.55. The van der Waals surface area contributed by atoms with Crippen molar-refractivity contribution in [2.75, 3.05) is 0 Å². The summed E-state index contributed by atoms with van der Waals surface area (Å²) in [6.07, 6.45) is 8.97. The van der Waals surface area contributed by atoms with Crippen molar-refractivity contribution in [1.29, 1.82) is 0 Å². The van der Waals surface area contributed by atoms with Gasteiger partial charge in [-0.1, -0.05) is 37.3 Å². The largest absolute Gasteiger partial charge is 0.490 e. The Morgan fingerprint density at radius 1 is 1.05 bits per heavy atom. The molecule has 0 amide bonds. The second-order valence-corrected chi connectivity index (χ2v) is 7.73. The summed E-state index contributed by atoms with van der Waals surface area (Å²) in [6.45, 7) is 4.07. The van der Waals surface area contributed by atoms with E-state index in [9.17, 15) is 0 Å². The van der Waals surface area contributed by atoms with Gasteiger partial charge in [-0.2, -0.15) is 0 Å². The van der Waals surface area contributed by atoms with Gasteiger partial charge in [0.25, 0.3) is 0 Å². The number of ether oxygens (including phenoxy) is 1. The van der Waals surface area contributed by atoms with Crippen LogP contribution >= 0.6 is 23.2 Å². The zero-order chi connectivity index (χ0) is 15.0. The third-order valence-corrected chi connectivity index (χ3v) is 6.62. The second kappa shape index (κ2) is 6.01. The minimum absolute atomic E-state index is 0.208. The van der Waals surface area contributed by atoms with E-state index in [1.54, 1.807) is 0 Å². The summed E-state index contributed by atoms with van der Waals surface area (Å²) < 4.78 is 6.34. The maximum absolute atomic E-state index is 6.60. The smallest absolute Gasteiger partial charge is 0.120 e. The molecule has 2 saturated carbocycles. The molecule has 21 heavy (non-hydrogen) atoms. The molecular weight excluding hydrogens is 303 g/mol. The number of halogens is 2. The molecule has 1 nitrogen and oxygen atoms in total. The van der Waals surface area contributed by atoms with Gasteiger partial charge in [-0.25, -0.2) is 0 Å². The van der Waals surface area contributed by atoms with Crippen LogP contribution in [0.25, 0.3) is 0 Å². The lowest BCUT2D eigenvalue weighted by Gasteiger charge is -2.53. The Bertz CT molecular complexity index is 495. The van der Waals surface area contributed by atoms with Crippen molar-refractivity contribution >= 4 is 23.2 Å². The van der Waals surface area contributed by atoms with Crippen LogP contribution in [0.1, 0.15) is 56.1 Å². The van der Waals surface area contributed by atoms with Crippen molar-refractivity contribution in [1.82, 2.24) is 0 Å². The maximum Gasteiger partial charge on any atom is 0.120 e. The molecule has 0 bridgehead atoms. The van der Waals surface area contributed by atoms with Crippen LogP contribution in [0.2, 0.25) is 5.02 Å². The highest BCUT2D eigenvalue weighted by molar-refractivity contribution is 6.32. The Balaban J connectivity index is 1.78. The molecule has 1 aromatic carbocycles. The number of alkyl halides is 1. The molecule has 0 radical (unpaired) electrons. The first-order chi connectivity index (χ1) is 10.0. The average molecular weight is 327 g/mol. The minimum Gasteiger partial charge on any atom is -0.490 e. The lowest BCUT2D eigenvalue weighted by molar-refractivity contribution is -0.0513. The van der Waals surface area contributed by atoms with Crippen molar-refractivity contribution < 1.29 is 4.74 Å². The van der Waals surface area contributed by atoms with Gasteiger partial charge in [0, 0.05) is 22.2 Å². The number of hydrogen-bond donors (Lipinski definition) is 0. The number of hydrogen-bond acceptors (Lipinski definition) is 1. The third kappa shape index (κ3) is 2.80. The van der Waals surface area contributed by atoms with Gasteiger partial charge in [-0.05, 0) is 49.9 Å². The Hall–Kier alpha value is -0.400. The van der Waals surface area contributed by atoms with Gasteiger partial charge in [0.1, 0.15) is 11.9 Å². The quantitative estimate of drug-likeness (QED) is 0.600. The van der Waals surface area contributed by atoms with E-state index in [1.807, 2.05) is 13.8 Å². The van der Waals surface area contributed by atoms with E-state index in [2.05, 4.69) is 12.1 Å². The molecule has 2 aliphatic rings. The molecule has 0 saturated heterocycles. The van der Waals surface area contributed by atoms with Crippen LogP contribution in [0, 0.1) is 19.3 Å². The summed E-state index contributed by atoms with van der Waals surface area (Å²) in [5.41, 5.74) is 2.38. The monoisotopic (exact) mass is 326 g/mol. The predicted octanol–water partition coefficient (Wildman–Crippen LogP) is 6.06. The van der Waals surface area contributed by atoms with Gasteiger partial charge in [-0.15, -0.1) is 11.6 Å². The van der Waals surface area contributed by atoms with E-state index in [4.69, 9.17) is 27.9 Å². The molecule has 3 rings (SSSR count). The van der Waals surface area contributed by atoms with Crippen LogP contribution in [-0.2, 0) is 0 Å². The van der Waals surface area contributed by atoms with E-state index >= 15 is 0 Å². The van der Waals surface area contributed by atoms with Gasteiger partial charge in [0.15, 0.2) is 0 Å². The Kier molecular flexibility index (Phi) is 4.43. The topological polar surface area (TPSA) is 9.23 Å². The molecule has 116 valence electrons. The molecule has 1 spiro atoms. The van der Waals surface area contributed by atoms with Crippen molar-refractivity contribution in [2.45, 2.75) is 70.3 Å². The van der Waals surface area contributed by atoms with Crippen molar-refractivity contribution in [3.63, 3.8) is 0 Å². The van der Waals surface area contributed by atoms with Gasteiger partial charge < -0.3 is 4.74 Å². The van der Waals surface area contributed by atoms with Crippen LogP contribution in [0.15, 0.2) is 12.1 Å². The van der Waals surface area contributed by atoms with Crippen LogP contribution in [0.5, 0.6) is 5.75 Å². The molecular formula is C18H24Cl2O. The zero-order valence-electron chi connectivity index (χ0n) is 12.9. The standard InChI is InChI=1S/C18H24Cl2O/c1-12-9-14(10-13(2)17(12)20)21-16-11-15(19)18(16)7-5-3-4-6-8-18/h9-10,15-16H,3-8,11H2,1-2H3. The highest BCUT2D eigenvalue weighted by atomic mass is 35.5. The molecule has 2 unspecified atom stereocenters. The molecule has 0 aromatic heterocycles. The molecule has 0 heterocycles. The Morgan fingerprint density at radius 3 is 2.14 bits per heavy atom. The normalized spacial score (nSPS) is 28.0. The predicted molar refractivity (Wildman–Crippen MR) is 89.7 cm³/mol. The zero-order valence-corrected chi connectivity index (χ0v) is 14.4. The molecule has 1 aromatic rings. The highest BCUT2D eigenvalue weighted by Crippen LogP contribution is 2.55. The molecule has 0 aliphatic heterocycles. The summed E-state index contributed by atoms with van der Waals surface area (Å²) in [6, 6.07) is 4.11. The lowest BCUT2D eigenvalue weighted by atomic mass is 9.61. The van der Waals surface area contributed by atoms with Crippen molar-refractivity contribution in [3.8, 4) is 5.75 Å². The number of benzene rings is 1. The fourth-order valence-electron chi connectivity index (χ4n) is 4.02. The average Bonchev–Trinajstić information content (AvgIpc) is 2.72. The summed E-state index contributed by atoms with van der Waals surface area (Å²) in [5.74, 6) is 0.951. The van der Waals surface area contributed by atoms with E-state index in [-0.39, 0.29) is 16.9 Å². The van der Waals surface area contributed by atoms with Crippen LogP contribution in [-0.4, -0.2) is 11.5 Å². The van der Waals surface area contributed by atoms with Gasteiger partial charge in [0.2, 0.25) is 0 Å². The summed E-state index contributed by atoms with van der Waals surface area (Å²) in [4.78, 5) is 0. The lowest BCUT2D eigenvalue weighted by Crippen LogP contribution is -2.57. The first-order valence-electron chi connectivity index (χ1n) is 8.10. The van der Waals surface area contributed by atoms with E-state index in [0.29, 0.717) is 0 Å². The fourth-order valence-corrected chi connectivity index (χ4v) is 4.65. The first-order valence-corrected chi connectivity index (χ1v) is 8.92. The summed E-state index contributed by atoms with van der Waals surface area (Å²) in [7, 11) is 0.